The average Bonchev–Trinajstić information content (AvgIpc) is 3.11. The van der Waals surface area contributed by atoms with Gasteiger partial charge in [0.2, 0.25) is 0 Å². The summed E-state index contributed by atoms with van der Waals surface area (Å²) in [4.78, 5) is 11.7. The van der Waals surface area contributed by atoms with E-state index in [0.29, 0.717) is 17.4 Å². The van der Waals surface area contributed by atoms with Crippen molar-refractivity contribution >= 4 is 18.5 Å². The zero-order valence-corrected chi connectivity index (χ0v) is 9.76. The molecule has 0 spiro atoms. The Morgan fingerprint density at radius 1 is 1.38 bits per heavy atom. The molecule has 1 N–H and O–H groups in total. The molecule has 3 heteroatoms. The highest BCUT2D eigenvalue weighted by molar-refractivity contribution is 7.80. The largest absolute Gasteiger partial charge is 0.349 e. The predicted octanol–water partition coefficient (Wildman–Crippen LogP) is 1.86. The fraction of sp³-hybridized carbons (Fsp3) is 0.308. The number of thiol groups is 1. The van der Waals surface area contributed by atoms with Crippen LogP contribution in [0.3, 0.4) is 0 Å². The number of nitrogens with one attached hydrogen (secondary N) is 1. The van der Waals surface area contributed by atoms with Gasteiger partial charge in [0.1, 0.15) is 0 Å². The highest BCUT2D eigenvalue weighted by Gasteiger charge is 2.23. The van der Waals surface area contributed by atoms with Gasteiger partial charge in [0, 0.05) is 17.2 Å². The number of rotatable bonds is 2. The van der Waals surface area contributed by atoms with E-state index < -0.39 is 0 Å². The number of benzene rings is 1. The van der Waals surface area contributed by atoms with Crippen molar-refractivity contribution in [2.45, 2.75) is 18.9 Å². The van der Waals surface area contributed by atoms with Crippen LogP contribution < -0.4 is 5.32 Å². The van der Waals surface area contributed by atoms with Gasteiger partial charge in [-0.3, -0.25) is 4.79 Å². The van der Waals surface area contributed by atoms with E-state index in [0.717, 1.165) is 18.4 Å². The van der Waals surface area contributed by atoms with Crippen LogP contribution in [0, 0.1) is 11.8 Å². The molecule has 0 unspecified atom stereocenters. The average molecular weight is 231 g/mol. The molecular weight excluding hydrogens is 218 g/mol. The summed E-state index contributed by atoms with van der Waals surface area (Å²) >= 11 is 4.01. The number of hydrogen-bond donors (Lipinski definition) is 2. The summed E-state index contributed by atoms with van der Waals surface area (Å²) in [6, 6.07) is 7.73. The second-order valence-electron chi connectivity index (χ2n) is 3.78. The van der Waals surface area contributed by atoms with Gasteiger partial charge in [0.05, 0.1) is 5.75 Å². The molecule has 0 atom stereocenters. The van der Waals surface area contributed by atoms with Crippen molar-refractivity contribution < 1.29 is 4.79 Å². The first-order chi connectivity index (χ1) is 7.79. The molecule has 82 valence electrons. The number of amides is 1. The Hall–Kier alpha value is -1.40. The fourth-order valence-electron chi connectivity index (χ4n) is 1.34. The van der Waals surface area contributed by atoms with Gasteiger partial charge in [0.15, 0.2) is 0 Å². The second-order valence-corrected chi connectivity index (χ2v) is 4.10. The molecule has 0 aromatic heterocycles. The van der Waals surface area contributed by atoms with Crippen molar-refractivity contribution in [2.75, 3.05) is 5.75 Å². The van der Waals surface area contributed by atoms with E-state index in [1.807, 2.05) is 12.1 Å². The molecule has 0 aliphatic heterocycles. The van der Waals surface area contributed by atoms with E-state index in [2.05, 4.69) is 29.8 Å². The number of hydrogen-bond acceptors (Lipinski definition) is 2. The maximum Gasteiger partial charge on any atom is 0.251 e. The molecule has 1 saturated carbocycles. The molecule has 1 aromatic rings. The molecule has 0 radical (unpaired) electrons. The summed E-state index contributed by atoms with van der Waals surface area (Å²) in [7, 11) is 0. The molecule has 1 amide bonds. The molecule has 0 heterocycles. The summed E-state index contributed by atoms with van der Waals surface area (Å²) in [6.07, 6.45) is 2.22. The predicted molar refractivity (Wildman–Crippen MR) is 67.7 cm³/mol. The highest BCUT2D eigenvalue weighted by Crippen LogP contribution is 2.19. The summed E-state index contributed by atoms with van der Waals surface area (Å²) in [6.45, 7) is 0. The summed E-state index contributed by atoms with van der Waals surface area (Å²) in [5, 5.41) is 2.95. The van der Waals surface area contributed by atoms with Gasteiger partial charge < -0.3 is 5.32 Å². The van der Waals surface area contributed by atoms with Crippen LogP contribution in [0.5, 0.6) is 0 Å². The minimum absolute atomic E-state index is 0.0104. The van der Waals surface area contributed by atoms with Gasteiger partial charge in [-0.05, 0) is 37.1 Å². The van der Waals surface area contributed by atoms with Crippen LogP contribution in [-0.2, 0) is 0 Å². The molecule has 1 fully saturated rings. The number of carbonyl (C=O) groups excluding carboxylic acids is 1. The van der Waals surface area contributed by atoms with E-state index in [1.54, 1.807) is 12.1 Å². The molecule has 1 aromatic carbocycles. The first-order valence-corrected chi connectivity index (χ1v) is 5.93. The Morgan fingerprint density at radius 2 is 2.06 bits per heavy atom. The van der Waals surface area contributed by atoms with Crippen molar-refractivity contribution in [1.29, 1.82) is 0 Å². The Labute approximate surface area is 101 Å². The highest BCUT2D eigenvalue weighted by atomic mass is 32.1. The van der Waals surface area contributed by atoms with Crippen molar-refractivity contribution in [3.63, 3.8) is 0 Å². The minimum Gasteiger partial charge on any atom is -0.349 e. The van der Waals surface area contributed by atoms with Gasteiger partial charge >= 0.3 is 0 Å². The van der Waals surface area contributed by atoms with E-state index in [9.17, 15) is 4.79 Å². The smallest absolute Gasteiger partial charge is 0.251 e. The van der Waals surface area contributed by atoms with Crippen molar-refractivity contribution in [2.24, 2.45) is 0 Å². The Kier molecular flexibility index (Phi) is 3.53. The summed E-state index contributed by atoms with van der Waals surface area (Å²) < 4.78 is 0. The third-order valence-corrected chi connectivity index (χ3v) is 2.53. The second kappa shape index (κ2) is 5.09. The Morgan fingerprint density at radius 3 is 2.62 bits per heavy atom. The molecule has 2 rings (SSSR count). The number of carbonyl (C=O) groups is 1. The van der Waals surface area contributed by atoms with E-state index in [-0.39, 0.29) is 5.91 Å². The zero-order valence-electron chi connectivity index (χ0n) is 8.86. The lowest BCUT2D eigenvalue weighted by atomic mass is 10.1. The lowest BCUT2D eigenvalue weighted by Crippen LogP contribution is -2.25. The molecule has 1 aliphatic carbocycles. The van der Waals surface area contributed by atoms with Crippen LogP contribution in [0.25, 0.3) is 0 Å². The van der Waals surface area contributed by atoms with Crippen LogP contribution in [0.2, 0.25) is 0 Å². The Balaban J connectivity index is 2.02. The van der Waals surface area contributed by atoms with E-state index >= 15 is 0 Å². The van der Waals surface area contributed by atoms with Crippen LogP contribution >= 0.6 is 12.6 Å². The lowest BCUT2D eigenvalue weighted by molar-refractivity contribution is 0.0951. The van der Waals surface area contributed by atoms with Crippen LogP contribution in [0.4, 0.5) is 0 Å². The third-order valence-electron chi connectivity index (χ3n) is 2.37. The molecule has 2 nitrogen and oxygen atoms in total. The van der Waals surface area contributed by atoms with E-state index in [1.165, 1.54) is 0 Å². The molecular formula is C13H13NOS. The molecule has 0 saturated heterocycles. The zero-order chi connectivity index (χ0) is 11.4. The van der Waals surface area contributed by atoms with Crippen LogP contribution in [0.1, 0.15) is 28.8 Å². The van der Waals surface area contributed by atoms with Gasteiger partial charge in [0.25, 0.3) is 5.91 Å². The first kappa shape index (κ1) is 11.1. The topological polar surface area (TPSA) is 29.1 Å². The lowest BCUT2D eigenvalue weighted by Gasteiger charge is -2.02. The normalized spacial score (nSPS) is 13.8. The quantitative estimate of drug-likeness (QED) is 0.590. The standard InChI is InChI=1S/C13H13NOS/c15-13(14-12-7-8-12)11-5-3-10(4-6-11)2-1-9-16/h3-6,12,16H,7-9H2,(H,14,15). The maximum absolute atomic E-state index is 11.7. The maximum atomic E-state index is 11.7. The third kappa shape index (κ3) is 3.04. The minimum atomic E-state index is 0.0104. The first-order valence-electron chi connectivity index (χ1n) is 5.30. The SMILES string of the molecule is O=C(NC1CC1)c1ccc(C#CCS)cc1. The van der Waals surface area contributed by atoms with Gasteiger partial charge in [-0.1, -0.05) is 11.8 Å². The summed E-state index contributed by atoms with van der Waals surface area (Å²) in [5.74, 6) is 6.38. The molecule has 1 aliphatic rings. The van der Waals surface area contributed by atoms with Gasteiger partial charge in [-0.15, -0.1) is 0 Å². The molecule has 16 heavy (non-hydrogen) atoms. The fourth-order valence-corrected chi connectivity index (χ4v) is 1.42. The van der Waals surface area contributed by atoms with Crippen molar-refractivity contribution in [3.05, 3.63) is 35.4 Å². The van der Waals surface area contributed by atoms with Crippen molar-refractivity contribution in [1.82, 2.24) is 5.32 Å². The Bertz CT molecular complexity index is 437. The van der Waals surface area contributed by atoms with Gasteiger partial charge in [-0.25, -0.2) is 0 Å². The van der Waals surface area contributed by atoms with Crippen LogP contribution in [0.15, 0.2) is 24.3 Å². The summed E-state index contributed by atoms with van der Waals surface area (Å²) in [5.41, 5.74) is 1.61. The van der Waals surface area contributed by atoms with E-state index in [4.69, 9.17) is 0 Å². The monoisotopic (exact) mass is 231 g/mol. The van der Waals surface area contributed by atoms with Crippen molar-refractivity contribution in [3.8, 4) is 11.8 Å². The van der Waals surface area contributed by atoms with Gasteiger partial charge in [-0.2, -0.15) is 12.6 Å². The molecule has 0 bridgehead atoms. The van der Waals surface area contributed by atoms with Crippen LogP contribution in [-0.4, -0.2) is 17.7 Å².